The highest BCUT2D eigenvalue weighted by Crippen LogP contribution is 2.33. The van der Waals surface area contributed by atoms with Gasteiger partial charge in [-0.3, -0.25) is 15.5 Å². The number of rotatable bonds is 2. The molecule has 0 aromatic heterocycles. The van der Waals surface area contributed by atoms with E-state index in [1.807, 2.05) is 12.1 Å². The van der Waals surface area contributed by atoms with Crippen LogP contribution in [0.1, 0.15) is 15.9 Å². The Morgan fingerprint density at radius 1 is 1.23 bits per heavy atom. The second-order valence-electron chi connectivity index (χ2n) is 4.44. The first-order valence-electron chi connectivity index (χ1n) is 6.47. The van der Waals surface area contributed by atoms with E-state index in [1.54, 1.807) is 24.3 Å². The Hall–Kier alpha value is -3.33. The van der Waals surface area contributed by atoms with Gasteiger partial charge < -0.3 is 10.4 Å². The maximum atomic E-state index is 12.3. The number of phenols is 1. The SMILES string of the molecule is CNC(=N)NC(=O)c1c(O)ccc(C#N)c1-c1ccccc1. The Morgan fingerprint density at radius 3 is 2.50 bits per heavy atom. The lowest BCUT2D eigenvalue weighted by Gasteiger charge is -2.14. The van der Waals surface area contributed by atoms with E-state index in [2.05, 4.69) is 10.6 Å². The molecule has 1 amide bonds. The van der Waals surface area contributed by atoms with E-state index >= 15 is 0 Å². The summed E-state index contributed by atoms with van der Waals surface area (Å²) in [5, 5.41) is 31.6. The molecule has 110 valence electrons. The molecule has 6 heteroatoms. The van der Waals surface area contributed by atoms with Crippen molar-refractivity contribution in [2.75, 3.05) is 7.05 Å². The summed E-state index contributed by atoms with van der Waals surface area (Å²) in [6.07, 6.45) is 0. The van der Waals surface area contributed by atoms with Crippen LogP contribution >= 0.6 is 0 Å². The van der Waals surface area contributed by atoms with Crippen LogP contribution in [0.5, 0.6) is 5.75 Å². The van der Waals surface area contributed by atoms with Gasteiger partial charge in [-0.2, -0.15) is 5.26 Å². The van der Waals surface area contributed by atoms with Crippen LogP contribution < -0.4 is 10.6 Å². The third-order valence-electron chi connectivity index (χ3n) is 3.08. The highest BCUT2D eigenvalue weighted by molar-refractivity contribution is 6.10. The van der Waals surface area contributed by atoms with Crippen LogP contribution in [0, 0.1) is 16.7 Å². The van der Waals surface area contributed by atoms with Crippen molar-refractivity contribution in [3.8, 4) is 22.9 Å². The van der Waals surface area contributed by atoms with E-state index in [1.165, 1.54) is 19.2 Å². The Balaban J connectivity index is 2.65. The van der Waals surface area contributed by atoms with Crippen molar-refractivity contribution in [3.05, 3.63) is 53.6 Å². The van der Waals surface area contributed by atoms with Gasteiger partial charge in [-0.1, -0.05) is 30.3 Å². The second-order valence-corrected chi connectivity index (χ2v) is 4.44. The summed E-state index contributed by atoms with van der Waals surface area (Å²) in [6.45, 7) is 0. The number of nitrogens with zero attached hydrogens (tertiary/aromatic N) is 1. The van der Waals surface area contributed by atoms with Crippen LogP contribution in [-0.4, -0.2) is 24.0 Å². The van der Waals surface area contributed by atoms with Crippen molar-refractivity contribution in [3.63, 3.8) is 0 Å². The fourth-order valence-corrected chi connectivity index (χ4v) is 2.06. The van der Waals surface area contributed by atoms with Gasteiger partial charge in [0.15, 0.2) is 5.96 Å². The van der Waals surface area contributed by atoms with Crippen molar-refractivity contribution in [1.82, 2.24) is 10.6 Å². The summed E-state index contributed by atoms with van der Waals surface area (Å²) in [7, 11) is 1.49. The van der Waals surface area contributed by atoms with Gasteiger partial charge in [0.2, 0.25) is 0 Å². The third kappa shape index (κ3) is 2.88. The van der Waals surface area contributed by atoms with Gasteiger partial charge in [0.05, 0.1) is 17.2 Å². The van der Waals surface area contributed by atoms with E-state index < -0.39 is 5.91 Å². The molecule has 0 saturated heterocycles. The van der Waals surface area contributed by atoms with E-state index in [-0.39, 0.29) is 22.8 Å². The van der Waals surface area contributed by atoms with Crippen molar-refractivity contribution < 1.29 is 9.90 Å². The number of aromatic hydroxyl groups is 1. The summed E-state index contributed by atoms with van der Waals surface area (Å²) in [6, 6.07) is 13.6. The molecule has 0 aliphatic heterocycles. The van der Waals surface area contributed by atoms with E-state index in [0.29, 0.717) is 11.1 Å². The van der Waals surface area contributed by atoms with Crippen LogP contribution in [0.25, 0.3) is 11.1 Å². The Labute approximate surface area is 127 Å². The summed E-state index contributed by atoms with van der Waals surface area (Å²) >= 11 is 0. The van der Waals surface area contributed by atoms with Crippen molar-refractivity contribution in [2.24, 2.45) is 0 Å². The molecule has 0 heterocycles. The number of nitriles is 1. The number of phenolic OH excluding ortho intramolecular Hbond substituents is 1. The summed E-state index contributed by atoms with van der Waals surface area (Å²) in [4.78, 5) is 12.3. The molecule has 0 aliphatic rings. The zero-order chi connectivity index (χ0) is 16.1. The molecule has 0 aliphatic carbocycles. The molecule has 0 radical (unpaired) electrons. The summed E-state index contributed by atoms with van der Waals surface area (Å²) < 4.78 is 0. The lowest BCUT2D eigenvalue weighted by Crippen LogP contribution is -2.38. The predicted octanol–water partition coefficient (Wildman–Crippen LogP) is 1.81. The molecule has 22 heavy (non-hydrogen) atoms. The average molecular weight is 294 g/mol. The van der Waals surface area contributed by atoms with E-state index in [0.717, 1.165) is 0 Å². The summed E-state index contributed by atoms with van der Waals surface area (Å²) in [5.74, 6) is -1.11. The maximum absolute atomic E-state index is 12.3. The quantitative estimate of drug-likeness (QED) is 0.500. The van der Waals surface area contributed by atoms with Gasteiger partial charge >= 0.3 is 0 Å². The first kappa shape index (κ1) is 15.1. The molecule has 0 spiro atoms. The Morgan fingerprint density at radius 2 is 1.91 bits per heavy atom. The van der Waals surface area contributed by atoms with Crippen molar-refractivity contribution >= 4 is 11.9 Å². The van der Waals surface area contributed by atoms with Gasteiger partial charge in [-0.05, 0) is 17.7 Å². The molecular formula is C16H14N4O2. The fraction of sp³-hybridized carbons (Fsp3) is 0.0625. The molecule has 0 saturated carbocycles. The number of hydrogen-bond donors (Lipinski definition) is 4. The molecular weight excluding hydrogens is 280 g/mol. The van der Waals surface area contributed by atoms with Gasteiger partial charge in [-0.15, -0.1) is 0 Å². The lowest BCUT2D eigenvalue weighted by molar-refractivity contribution is 0.0974. The topological polar surface area (TPSA) is 109 Å². The molecule has 2 aromatic rings. The third-order valence-corrected chi connectivity index (χ3v) is 3.08. The van der Waals surface area contributed by atoms with Crippen molar-refractivity contribution in [2.45, 2.75) is 0 Å². The largest absolute Gasteiger partial charge is 0.507 e. The standard InChI is InChI=1S/C16H14N4O2/c1-19-16(18)20-15(22)14-12(21)8-7-11(9-17)13(14)10-5-3-2-4-6-10/h2-8,21H,1H3,(H3,18,19,20,22). The van der Waals surface area contributed by atoms with Gasteiger partial charge in [0.1, 0.15) is 5.75 Å². The zero-order valence-electron chi connectivity index (χ0n) is 11.8. The molecule has 0 atom stereocenters. The lowest BCUT2D eigenvalue weighted by atomic mass is 9.93. The first-order chi connectivity index (χ1) is 10.6. The van der Waals surface area contributed by atoms with Crippen LogP contribution in [0.3, 0.4) is 0 Å². The Bertz CT molecular complexity index is 764. The molecule has 2 rings (SSSR count). The number of nitrogens with one attached hydrogen (secondary N) is 3. The molecule has 6 nitrogen and oxygen atoms in total. The number of carbonyl (C=O) groups is 1. The first-order valence-corrected chi connectivity index (χ1v) is 6.47. The van der Waals surface area contributed by atoms with Gasteiger partial charge in [-0.25, -0.2) is 0 Å². The second kappa shape index (κ2) is 6.41. The number of hydrogen-bond acceptors (Lipinski definition) is 4. The molecule has 4 N–H and O–H groups in total. The molecule has 0 fully saturated rings. The smallest absolute Gasteiger partial charge is 0.262 e. The number of guanidine groups is 1. The number of carbonyl (C=O) groups excluding carboxylic acids is 1. The maximum Gasteiger partial charge on any atom is 0.262 e. The minimum atomic E-state index is -0.659. The van der Waals surface area contributed by atoms with Gasteiger partial charge in [0, 0.05) is 12.6 Å². The van der Waals surface area contributed by atoms with Gasteiger partial charge in [0.25, 0.3) is 5.91 Å². The minimum absolute atomic E-state index is 0.0368. The van der Waals surface area contributed by atoms with Crippen LogP contribution in [0.2, 0.25) is 0 Å². The van der Waals surface area contributed by atoms with E-state index in [9.17, 15) is 15.2 Å². The number of amides is 1. The van der Waals surface area contributed by atoms with E-state index in [4.69, 9.17) is 5.41 Å². The summed E-state index contributed by atoms with van der Waals surface area (Å²) in [5.41, 5.74) is 1.20. The molecule has 2 aromatic carbocycles. The number of benzene rings is 2. The molecule has 0 unspecified atom stereocenters. The zero-order valence-corrected chi connectivity index (χ0v) is 11.8. The predicted molar refractivity (Wildman–Crippen MR) is 82.5 cm³/mol. The highest BCUT2D eigenvalue weighted by Gasteiger charge is 2.21. The van der Waals surface area contributed by atoms with Crippen LogP contribution in [0.15, 0.2) is 42.5 Å². The van der Waals surface area contributed by atoms with Crippen molar-refractivity contribution in [1.29, 1.82) is 10.7 Å². The monoisotopic (exact) mass is 294 g/mol. The van der Waals surface area contributed by atoms with Crippen LogP contribution in [-0.2, 0) is 0 Å². The fourth-order valence-electron chi connectivity index (χ4n) is 2.06. The Kier molecular flexibility index (Phi) is 4.39. The minimum Gasteiger partial charge on any atom is -0.507 e. The normalized spacial score (nSPS) is 9.64. The molecule has 0 bridgehead atoms. The average Bonchev–Trinajstić information content (AvgIpc) is 2.54. The highest BCUT2D eigenvalue weighted by atomic mass is 16.3. The van der Waals surface area contributed by atoms with Crippen LogP contribution in [0.4, 0.5) is 0 Å².